The molecule has 0 spiro atoms. The monoisotopic (exact) mass is 513 g/mol. The summed E-state index contributed by atoms with van der Waals surface area (Å²) in [5.74, 6) is 0.964. The fourth-order valence-corrected chi connectivity index (χ4v) is 5.56. The van der Waals surface area contributed by atoms with Crippen LogP contribution < -0.4 is 4.74 Å². The molecule has 2 aliphatic heterocycles. The van der Waals surface area contributed by atoms with Crippen molar-refractivity contribution < 1.29 is 9.53 Å². The van der Waals surface area contributed by atoms with E-state index in [2.05, 4.69) is 66.6 Å². The summed E-state index contributed by atoms with van der Waals surface area (Å²) in [4.78, 5) is 17.1. The summed E-state index contributed by atoms with van der Waals surface area (Å²) < 4.78 is 8.38. The maximum absolute atomic E-state index is 12.9. The second-order valence-electron chi connectivity index (χ2n) is 9.60. The number of rotatable bonds is 8. The van der Waals surface area contributed by atoms with E-state index in [4.69, 9.17) is 10.1 Å². The Hall–Kier alpha value is -3.65. The molecule has 1 amide bonds. The Morgan fingerprint density at radius 3 is 2.78 bits per heavy atom. The number of thioether (sulfide) groups is 1. The molecule has 0 saturated heterocycles. The number of nitrogens with one attached hydrogen (secondary N) is 1. The number of amides is 1. The van der Waals surface area contributed by atoms with Crippen LogP contribution >= 0.6 is 11.8 Å². The number of nitrogens with zero attached hydrogens (tertiary/aromatic N) is 4. The van der Waals surface area contributed by atoms with Crippen molar-refractivity contribution in [2.24, 2.45) is 10.1 Å². The van der Waals surface area contributed by atoms with Crippen LogP contribution in [0.5, 0.6) is 5.75 Å². The Morgan fingerprint density at radius 2 is 2.00 bits per heavy atom. The summed E-state index contributed by atoms with van der Waals surface area (Å²) >= 11 is 1.37. The van der Waals surface area contributed by atoms with E-state index in [1.54, 1.807) is 6.08 Å². The number of hydrogen-bond acceptors (Lipinski definition) is 5. The molecule has 190 valence electrons. The van der Waals surface area contributed by atoms with Crippen LogP contribution in [0.15, 0.2) is 64.3 Å². The second kappa shape index (κ2) is 10.4. The lowest BCUT2D eigenvalue weighted by molar-refractivity contribution is -0.114. The van der Waals surface area contributed by atoms with E-state index in [-0.39, 0.29) is 11.4 Å². The number of fused-ring (bicyclic) bond motifs is 2. The minimum Gasteiger partial charge on any atom is -0.491 e. The van der Waals surface area contributed by atoms with Gasteiger partial charge in [0.15, 0.2) is 5.84 Å². The lowest BCUT2D eigenvalue weighted by atomic mass is 10.0. The van der Waals surface area contributed by atoms with E-state index in [1.807, 2.05) is 24.4 Å². The number of aryl methyl sites for hydroxylation is 1. The zero-order chi connectivity index (χ0) is 26.1. The van der Waals surface area contributed by atoms with Crippen LogP contribution in [0, 0.1) is 12.3 Å². The van der Waals surface area contributed by atoms with Crippen molar-refractivity contribution >= 4 is 50.7 Å². The summed E-state index contributed by atoms with van der Waals surface area (Å²) in [6.07, 6.45) is 5.53. The highest BCUT2D eigenvalue weighted by atomic mass is 32.2. The molecule has 8 heteroatoms. The minimum atomic E-state index is -0.405. The first-order valence-corrected chi connectivity index (χ1v) is 13.5. The third kappa shape index (κ3) is 4.98. The summed E-state index contributed by atoms with van der Waals surface area (Å²) in [6.45, 7) is 9.66. The Kier molecular flexibility index (Phi) is 7.02. The average molecular weight is 514 g/mol. The minimum absolute atomic E-state index is 0.0643. The smallest absolute Gasteiger partial charge is 0.283 e. The van der Waals surface area contributed by atoms with Crippen LogP contribution in [0.3, 0.4) is 0 Å². The number of ether oxygens (including phenoxy) is 1. The molecule has 3 heterocycles. The second-order valence-corrected chi connectivity index (χ2v) is 10.6. The zero-order valence-electron chi connectivity index (χ0n) is 21.6. The van der Waals surface area contributed by atoms with Crippen molar-refractivity contribution in [3.05, 3.63) is 70.9 Å². The van der Waals surface area contributed by atoms with E-state index in [9.17, 15) is 4.79 Å². The van der Waals surface area contributed by atoms with E-state index >= 15 is 0 Å². The number of aliphatic imine (C=N–C) groups is 1. The molecule has 1 N–H and O–H groups in total. The number of benzene rings is 2. The molecule has 7 nitrogen and oxygen atoms in total. The topological polar surface area (TPSA) is 83.0 Å². The first kappa shape index (κ1) is 25.0. The maximum atomic E-state index is 12.9. The van der Waals surface area contributed by atoms with Crippen molar-refractivity contribution in [1.29, 1.82) is 5.41 Å². The van der Waals surface area contributed by atoms with Crippen LogP contribution in [0.25, 0.3) is 17.0 Å². The van der Waals surface area contributed by atoms with E-state index < -0.39 is 5.91 Å². The van der Waals surface area contributed by atoms with Gasteiger partial charge in [0.2, 0.25) is 5.17 Å². The number of amidine groups is 2. The number of hydrazone groups is 1. The zero-order valence-corrected chi connectivity index (χ0v) is 22.4. The average Bonchev–Trinajstić information content (AvgIpc) is 3.43. The summed E-state index contributed by atoms with van der Waals surface area (Å²) in [6, 6.07) is 14.4. The molecule has 0 radical (unpaired) electrons. The van der Waals surface area contributed by atoms with Crippen LogP contribution in [-0.4, -0.2) is 38.1 Å². The molecule has 0 aliphatic carbocycles. The highest BCUT2D eigenvalue weighted by Crippen LogP contribution is 2.32. The van der Waals surface area contributed by atoms with Gasteiger partial charge < -0.3 is 9.30 Å². The van der Waals surface area contributed by atoms with Crippen molar-refractivity contribution in [3.8, 4) is 5.75 Å². The van der Waals surface area contributed by atoms with Gasteiger partial charge in [-0.3, -0.25) is 10.2 Å². The van der Waals surface area contributed by atoms with Gasteiger partial charge in [0.1, 0.15) is 17.4 Å². The molecule has 0 atom stereocenters. The van der Waals surface area contributed by atoms with Crippen molar-refractivity contribution in [2.45, 2.75) is 53.0 Å². The summed E-state index contributed by atoms with van der Waals surface area (Å²) in [7, 11) is 0. The third-order valence-electron chi connectivity index (χ3n) is 6.46. The fourth-order valence-electron chi connectivity index (χ4n) is 4.57. The van der Waals surface area contributed by atoms with Crippen molar-refractivity contribution in [2.75, 3.05) is 6.61 Å². The van der Waals surface area contributed by atoms with Gasteiger partial charge in [-0.25, -0.2) is 0 Å². The highest BCUT2D eigenvalue weighted by Gasteiger charge is 2.35. The Labute approximate surface area is 221 Å². The quantitative estimate of drug-likeness (QED) is 0.345. The van der Waals surface area contributed by atoms with Gasteiger partial charge in [-0.05, 0) is 66.8 Å². The lowest BCUT2D eigenvalue weighted by Gasteiger charge is -2.20. The first-order chi connectivity index (χ1) is 17.9. The molecule has 2 aliphatic rings. The van der Waals surface area contributed by atoms with E-state index in [0.29, 0.717) is 24.2 Å². The normalized spacial score (nSPS) is 16.6. The molecule has 2 aromatic carbocycles. The third-order valence-corrected chi connectivity index (χ3v) is 7.43. The van der Waals surface area contributed by atoms with Crippen LogP contribution in [0.2, 0.25) is 0 Å². The van der Waals surface area contributed by atoms with Crippen LogP contribution in [0.4, 0.5) is 0 Å². The van der Waals surface area contributed by atoms with Crippen LogP contribution in [-0.2, 0) is 11.3 Å². The van der Waals surface area contributed by atoms with E-state index in [0.717, 1.165) is 40.1 Å². The molecular formula is C29H31N5O2S. The Bertz CT molecular complexity index is 1480. The molecule has 0 unspecified atom stereocenters. The maximum Gasteiger partial charge on any atom is 0.283 e. The number of carbonyl (C=O) groups excluding carboxylic acids is 1. The summed E-state index contributed by atoms with van der Waals surface area (Å²) in [5, 5.41) is 17.0. The summed E-state index contributed by atoms with van der Waals surface area (Å²) in [5.41, 5.74) is 4.53. The largest absolute Gasteiger partial charge is 0.491 e. The Morgan fingerprint density at radius 1 is 1.19 bits per heavy atom. The van der Waals surface area contributed by atoms with Crippen molar-refractivity contribution in [3.63, 3.8) is 0 Å². The van der Waals surface area contributed by atoms with Gasteiger partial charge in [-0.1, -0.05) is 51.1 Å². The predicted molar refractivity (Wildman–Crippen MR) is 153 cm³/mol. The van der Waals surface area contributed by atoms with Gasteiger partial charge in [-0.2, -0.15) is 15.1 Å². The molecule has 0 saturated carbocycles. The number of para-hydroxylation sites is 1. The highest BCUT2D eigenvalue weighted by molar-refractivity contribution is 8.26. The van der Waals surface area contributed by atoms with Gasteiger partial charge in [0.25, 0.3) is 5.91 Å². The number of aromatic nitrogens is 1. The number of hydrogen-bond donors (Lipinski definition) is 1. The number of carbonyl (C=O) groups is 1. The Balaban J connectivity index is 1.41. The van der Waals surface area contributed by atoms with E-state index in [1.165, 1.54) is 27.9 Å². The van der Waals surface area contributed by atoms with Gasteiger partial charge in [-0.15, -0.1) is 0 Å². The standard InChI is InChI=1S/C29H31N5O2S/c1-5-8-26-32-34-27(30)23(28(35)31-29(34)37-26)16-20-17-33(24-10-7-6-9-22(20)24)13-14-36-25-15-19(4)11-12-21(25)18(2)3/h6-7,9-12,15-18,30H,5,8,13-14H2,1-4H3/b23-16-,30-27?. The molecule has 0 fully saturated rings. The molecule has 5 rings (SSSR count). The molecular weight excluding hydrogens is 482 g/mol. The van der Waals surface area contributed by atoms with Gasteiger partial charge >= 0.3 is 0 Å². The SMILES string of the molecule is CCCC1=NN2C(=N)/C(=C/c3cn(CCOc4cc(C)ccc4C(C)C)c4ccccc34)C(=O)N=C2S1. The van der Waals surface area contributed by atoms with Gasteiger partial charge in [0, 0.05) is 22.7 Å². The van der Waals surface area contributed by atoms with Gasteiger partial charge in [0.05, 0.1) is 12.1 Å². The first-order valence-electron chi connectivity index (χ1n) is 12.7. The molecule has 1 aromatic heterocycles. The fraction of sp³-hybridized carbons (Fsp3) is 0.310. The molecule has 0 bridgehead atoms. The van der Waals surface area contributed by atoms with Crippen LogP contribution in [0.1, 0.15) is 56.2 Å². The lowest BCUT2D eigenvalue weighted by Crippen LogP contribution is -2.35. The molecule has 3 aromatic rings. The predicted octanol–water partition coefficient (Wildman–Crippen LogP) is 6.57. The van der Waals surface area contributed by atoms with Crippen molar-refractivity contribution in [1.82, 2.24) is 9.58 Å². The molecule has 37 heavy (non-hydrogen) atoms.